The van der Waals surface area contributed by atoms with Crippen molar-refractivity contribution in [3.05, 3.63) is 29.6 Å². The number of methoxy groups -OCH3 is 1. The van der Waals surface area contributed by atoms with Gasteiger partial charge in [0.05, 0.1) is 7.11 Å². The molecule has 0 saturated heterocycles. The van der Waals surface area contributed by atoms with Gasteiger partial charge in [-0.15, -0.1) is 0 Å². The lowest BCUT2D eigenvalue weighted by Crippen LogP contribution is -2.32. The Bertz CT molecular complexity index is 449. The summed E-state index contributed by atoms with van der Waals surface area (Å²) >= 11 is 0. The number of nitrogens with one attached hydrogen (secondary N) is 1. The van der Waals surface area contributed by atoms with E-state index in [0.717, 1.165) is 5.56 Å². The lowest BCUT2D eigenvalue weighted by Gasteiger charge is -2.19. The van der Waals surface area contributed by atoms with Gasteiger partial charge in [0.1, 0.15) is 11.3 Å². The van der Waals surface area contributed by atoms with E-state index in [1.165, 1.54) is 19.4 Å². The van der Waals surface area contributed by atoms with E-state index in [2.05, 4.69) is 15.0 Å². The molecule has 0 bridgehead atoms. The topological polar surface area (TPSA) is 77.5 Å². The average molecular weight is 266 g/mol. The quantitative estimate of drug-likeness (QED) is 0.845. The number of carbonyl (C=O) groups excluding carboxylic acids is 2. The highest BCUT2D eigenvalue weighted by Gasteiger charge is 2.15. The Hall–Kier alpha value is -2.11. The molecule has 0 unspecified atom stereocenters. The molecule has 0 aromatic carbocycles. The first-order valence-corrected chi connectivity index (χ1v) is 5.82. The Labute approximate surface area is 112 Å². The number of aromatic nitrogens is 1. The molecule has 104 valence electrons. The van der Waals surface area contributed by atoms with Crippen LogP contribution >= 0.6 is 0 Å². The average Bonchev–Trinajstić information content (AvgIpc) is 2.34. The fourth-order valence-electron chi connectivity index (χ4n) is 1.24. The van der Waals surface area contributed by atoms with Crippen molar-refractivity contribution in [2.24, 2.45) is 0 Å². The van der Waals surface area contributed by atoms with E-state index in [1.54, 1.807) is 26.8 Å². The van der Waals surface area contributed by atoms with Gasteiger partial charge in [-0.3, -0.25) is 0 Å². The molecule has 1 N–H and O–H groups in total. The lowest BCUT2D eigenvalue weighted by molar-refractivity contribution is 0.0521. The van der Waals surface area contributed by atoms with Gasteiger partial charge in [-0.2, -0.15) is 0 Å². The van der Waals surface area contributed by atoms with E-state index < -0.39 is 17.7 Å². The van der Waals surface area contributed by atoms with Crippen molar-refractivity contribution in [3.8, 4) is 0 Å². The van der Waals surface area contributed by atoms with E-state index in [1.807, 2.05) is 0 Å². The Morgan fingerprint density at radius 1 is 1.32 bits per heavy atom. The lowest BCUT2D eigenvalue weighted by atomic mass is 10.2. The predicted octanol–water partition coefficient (Wildman–Crippen LogP) is 1.89. The summed E-state index contributed by atoms with van der Waals surface area (Å²) in [5.41, 5.74) is 0.457. The molecule has 0 aliphatic rings. The van der Waals surface area contributed by atoms with Gasteiger partial charge in [-0.25, -0.2) is 14.6 Å². The largest absolute Gasteiger partial charge is 0.464 e. The molecule has 0 aliphatic heterocycles. The third-order valence-corrected chi connectivity index (χ3v) is 2.06. The molecular weight excluding hydrogens is 248 g/mol. The van der Waals surface area contributed by atoms with Crippen LogP contribution in [0.3, 0.4) is 0 Å². The number of pyridine rings is 1. The van der Waals surface area contributed by atoms with Gasteiger partial charge in [-0.1, -0.05) is 6.07 Å². The molecule has 0 saturated carbocycles. The highest BCUT2D eigenvalue weighted by atomic mass is 16.6. The van der Waals surface area contributed by atoms with Crippen molar-refractivity contribution in [1.29, 1.82) is 0 Å². The van der Waals surface area contributed by atoms with Crippen LogP contribution in [0.15, 0.2) is 18.3 Å². The van der Waals surface area contributed by atoms with E-state index in [0.29, 0.717) is 0 Å². The Morgan fingerprint density at radius 3 is 2.47 bits per heavy atom. The smallest absolute Gasteiger partial charge is 0.407 e. The van der Waals surface area contributed by atoms with Gasteiger partial charge < -0.3 is 14.8 Å². The Morgan fingerprint density at radius 2 is 2.00 bits per heavy atom. The number of hydrogen-bond acceptors (Lipinski definition) is 5. The number of amides is 1. The van der Waals surface area contributed by atoms with E-state index in [-0.39, 0.29) is 12.2 Å². The first kappa shape index (κ1) is 14.9. The molecular formula is C13H18N2O4. The summed E-state index contributed by atoms with van der Waals surface area (Å²) in [6.07, 6.45) is 1.01. The van der Waals surface area contributed by atoms with Crippen molar-refractivity contribution in [2.45, 2.75) is 32.9 Å². The predicted molar refractivity (Wildman–Crippen MR) is 68.7 cm³/mol. The molecule has 1 amide bonds. The highest BCUT2D eigenvalue weighted by molar-refractivity contribution is 5.86. The van der Waals surface area contributed by atoms with Gasteiger partial charge >= 0.3 is 12.1 Å². The molecule has 0 atom stereocenters. The van der Waals surface area contributed by atoms with Crippen molar-refractivity contribution in [2.75, 3.05) is 7.11 Å². The molecule has 1 rings (SSSR count). The number of nitrogens with zero attached hydrogens (tertiary/aromatic N) is 1. The second kappa shape index (κ2) is 6.17. The van der Waals surface area contributed by atoms with Crippen LogP contribution in [0.2, 0.25) is 0 Å². The second-order valence-electron chi connectivity index (χ2n) is 4.90. The minimum absolute atomic E-state index is 0.225. The van der Waals surface area contributed by atoms with Crippen molar-refractivity contribution in [3.63, 3.8) is 0 Å². The number of alkyl carbamates (subject to hydrolysis) is 1. The SMILES string of the molecule is COC(=O)c1ccc(CNC(=O)OC(C)(C)C)cn1. The second-order valence-corrected chi connectivity index (χ2v) is 4.90. The van der Waals surface area contributed by atoms with Crippen LogP contribution in [0.5, 0.6) is 0 Å². The summed E-state index contributed by atoms with van der Waals surface area (Å²) in [6.45, 7) is 5.65. The maximum atomic E-state index is 11.4. The molecule has 0 fully saturated rings. The molecule has 1 heterocycles. The zero-order chi connectivity index (χ0) is 14.5. The van der Waals surface area contributed by atoms with Crippen molar-refractivity contribution >= 4 is 12.1 Å². The summed E-state index contributed by atoms with van der Waals surface area (Å²) in [6, 6.07) is 3.23. The maximum Gasteiger partial charge on any atom is 0.407 e. The number of rotatable bonds is 3. The van der Waals surface area contributed by atoms with Crippen molar-refractivity contribution < 1.29 is 19.1 Å². The van der Waals surface area contributed by atoms with E-state index >= 15 is 0 Å². The fourth-order valence-corrected chi connectivity index (χ4v) is 1.24. The summed E-state index contributed by atoms with van der Waals surface area (Å²) in [4.78, 5) is 26.5. The summed E-state index contributed by atoms with van der Waals surface area (Å²) in [5, 5.41) is 2.60. The fraction of sp³-hybridized carbons (Fsp3) is 0.462. The van der Waals surface area contributed by atoms with Gasteiger partial charge in [0.25, 0.3) is 0 Å². The van der Waals surface area contributed by atoms with Gasteiger partial charge in [0.15, 0.2) is 0 Å². The van der Waals surface area contributed by atoms with E-state index in [9.17, 15) is 9.59 Å². The Kier molecular flexibility index (Phi) is 4.86. The number of carbonyl (C=O) groups is 2. The van der Waals surface area contributed by atoms with E-state index in [4.69, 9.17) is 4.74 Å². The standard InChI is InChI=1S/C13H18N2O4/c1-13(2,3)19-12(17)15-8-9-5-6-10(14-7-9)11(16)18-4/h5-7H,8H2,1-4H3,(H,15,17). The molecule has 19 heavy (non-hydrogen) atoms. The van der Waals surface area contributed by atoms with Gasteiger partial charge in [-0.05, 0) is 32.4 Å². The molecule has 0 radical (unpaired) electrons. The monoisotopic (exact) mass is 266 g/mol. The van der Waals surface area contributed by atoms with Crippen LogP contribution in [0.25, 0.3) is 0 Å². The first-order chi connectivity index (χ1) is 8.81. The summed E-state index contributed by atoms with van der Waals surface area (Å²) in [5.74, 6) is -0.494. The number of ether oxygens (including phenoxy) is 2. The minimum Gasteiger partial charge on any atom is -0.464 e. The molecule has 0 aliphatic carbocycles. The van der Waals surface area contributed by atoms with Gasteiger partial charge in [0, 0.05) is 12.7 Å². The number of hydrogen-bond donors (Lipinski definition) is 1. The molecule has 1 aromatic heterocycles. The first-order valence-electron chi connectivity index (χ1n) is 5.82. The molecule has 0 spiro atoms. The third-order valence-electron chi connectivity index (χ3n) is 2.06. The van der Waals surface area contributed by atoms with Crippen LogP contribution < -0.4 is 5.32 Å². The zero-order valence-corrected chi connectivity index (χ0v) is 11.5. The van der Waals surface area contributed by atoms with Crippen LogP contribution in [0, 0.1) is 0 Å². The van der Waals surface area contributed by atoms with Gasteiger partial charge in [0.2, 0.25) is 0 Å². The summed E-state index contributed by atoms with van der Waals surface area (Å²) in [7, 11) is 1.29. The third kappa shape index (κ3) is 5.37. The van der Waals surface area contributed by atoms with Crippen LogP contribution in [-0.4, -0.2) is 29.8 Å². The molecule has 6 heteroatoms. The summed E-state index contributed by atoms with van der Waals surface area (Å²) < 4.78 is 9.63. The maximum absolute atomic E-state index is 11.4. The Balaban J connectivity index is 2.50. The molecule has 1 aromatic rings. The van der Waals surface area contributed by atoms with Crippen LogP contribution in [0.1, 0.15) is 36.8 Å². The highest BCUT2D eigenvalue weighted by Crippen LogP contribution is 2.07. The molecule has 6 nitrogen and oxygen atoms in total. The minimum atomic E-state index is -0.531. The van der Waals surface area contributed by atoms with Crippen molar-refractivity contribution in [1.82, 2.24) is 10.3 Å². The van der Waals surface area contributed by atoms with Crippen LogP contribution in [0.4, 0.5) is 4.79 Å². The normalized spacial score (nSPS) is 10.7. The number of esters is 1. The van der Waals surface area contributed by atoms with Crippen LogP contribution in [-0.2, 0) is 16.0 Å². The zero-order valence-electron chi connectivity index (χ0n) is 11.5.